The van der Waals surface area contributed by atoms with Crippen molar-refractivity contribution in [3.63, 3.8) is 0 Å². The van der Waals surface area contributed by atoms with E-state index in [9.17, 15) is 4.79 Å². The lowest BCUT2D eigenvalue weighted by Crippen LogP contribution is -2.50. The van der Waals surface area contributed by atoms with Crippen molar-refractivity contribution in [2.45, 2.75) is 46.4 Å². The number of carbonyl (C=O) groups excluding carboxylic acids is 1. The Morgan fingerprint density at radius 2 is 1.96 bits per heavy atom. The van der Waals surface area contributed by atoms with Gasteiger partial charge in [-0.05, 0) is 56.0 Å². The molecule has 0 aromatic heterocycles. The second kappa shape index (κ2) is 8.29. The Bertz CT molecular complexity index is 698. The SMILES string of the molecule is Cc1c(CN)cc(CN=[N+]=[N-])cc1N1CCN(C(=O)OC(C)(C)C)CC1. The molecule has 8 nitrogen and oxygen atoms in total. The van der Waals surface area contributed by atoms with Crippen LogP contribution in [-0.2, 0) is 17.8 Å². The van der Waals surface area contributed by atoms with E-state index >= 15 is 0 Å². The quantitative estimate of drug-likeness (QED) is 0.505. The first-order valence-electron chi connectivity index (χ1n) is 8.81. The number of piperazine rings is 1. The molecule has 8 heteroatoms. The fourth-order valence-corrected chi connectivity index (χ4v) is 3.02. The predicted molar refractivity (Wildman–Crippen MR) is 102 cm³/mol. The minimum absolute atomic E-state index is 0.270. The molecular weight excluding hydrogens is 332 g/mol. The van der Waals surface area contributed by atoms with Crippen LogP contribution in [0.5, 0.6) is 0 Å². The second-order valence-corrected chi connectivity index (χ2v) is 7.45. The first-order chi connectivity index (χ1) is 12.2. The molecule has 1 aromatic carbocycles. The van der Waals surface area contributed by atoms with Gasteiger partial charge in [0.05, 0.1) is 6.54 Å². The van der Waals surface area contributed by atoms with Crippen LogP contribution in [0.15, 0.2) is 17.2 Å². The topological polar surface area (TPSA) is 108 Å². The van der Waals surface area contributed by atoms with Crippen molar-refractivity contribution in [1.29, 1.82) is 0 Å². The molecule has 1 amide bonds. The predicted octanol–water partition coefficient (Wildman–Crippen LogP) is 3.32. The van der Waals surface area contributed by atoms with Crippen molar-refractivity contribution >= 4 is 11.8 Å². The van der Waals surface area contributed by atoms with Gasteiger partial charge in [-0.15, -0.1) is 0 Å². The molecule has 2 rings (SSSR count). The van der Waals surface area contributed by atoms with E-state index in [2.05, 4.69) is 21.8 Å². The summed E-state index contributed by atoms with van der Waals surface area (Å²) in [4.78, 5) is 19.0. The summed E-state index contributed by atoms with van der Waals surface area (Å²) in [6.07, 6.45) is -0.270. The molecule has 1 aliphatic rings. The zero-order valence-corrected chi connectivity index (χ0v) is 16.0. The molecule has 1 aromatic rings. The number of nitrogens with two attached hydrogens (primary N) is 1. The van der Waals surface area contributed by atoms with E-state index in [0.717, 1.165) is 35.5 Å². The molecule has 1 saturated heterocycles. The van der Waals surface area contributed by atoms with Gasteiger partial charge in [0, 0.05) is 43.3 Å². The lowest BCUT2D eigenvalue weighted by Gasteiger charge is -2.37. The zero-order chi connectivity index (χ0) is 19.3. The van der Waals surface area contributed by atoms with Crippen molar-refractivity contribution in [2.24, 2.45) is 10.8 Å². The third-order valence-corrected chi connectivity index (χ3v) is 4.36. The van der Waals surface area contributed by atoms with Gasteiger partial charge < -0.3 is 20.3 Å². The maximum absolute atomic E-state index is 12.2. The highest BCUT2D eigenvalue weighted by atomic mass is 16.6. The lowest BCUT2D eigenvalue weighted by atomic mass is 10.0. The van der Waals surface area contributed by atoms with E-state index in [4.69, 9.17) is 16.0 Å². The molecule has 26 heavy (non-hydrogen) atoms. The summed E-state index contributed by atoms with van der Waals surface area (Å²) < 4.78 is 5.45. The van der Waals surface area contributed by atoms with Crippen LogP contribution in [-0.4, -0.2) is 42.8 Å². The molecule has 1 heterocycles. The highest BCUT2D eigenvalue weighted by molar-refractivity contribution is 5.69. The molecule has 0 bridgehead atoms. The standard InChI is InChI=1S/C18H28N6O2/c1-13-15(11-19)9-14(12-21-22-20)10-16(13)23-5-7-24(8-6-23)17(25)26-18(2,3)4/h9-10H,5-8,11-12,19H2,1-4H3. The van der Waals surface area contributed by atoms with Crippen molar-refractivity contribution in [2.75, 3.05) is 31.1 Å². The molecule has 0 atom stereocenters. The summed E-state index contributed by atoms with van der Waals surface area (Å²) >= 11 is 0. The molecule has 0 radical (unpaired) electrons. The van der Waals surface area contributed by atoms with Gasteiger partial charge in [-0.1, -0.05) is 11.2 Å². The van der Waals surface area contributed by atoms with Crippen LogP contribution >= 0.6 is 0 Å². The second-order valence-electron chi connectivity index (χ2n) is 7.45. The Morgan fingerprint density at radius 3 is 2.50 bits per heavy atom. The summed E-state index contributed by atoms with van der Waals surface area (Å²) in [6.45, 7) is 11.0. The number of amides is 1. The van der Waals surface area contributed by atoms with Crippen LogP contribution < -0.4 is 10.6 Å². The van der Waals surface area contributed by atoms with Crippen molar-refractivity contribution < 1.29 is 9.53 Å². The summed E-state index contributed by atoms with van der Waals surface area (Å²) in [5.74, 6) is 0. The van der Waals surface area contributed by atoms with E-state index in [1.807, 2.05) is 32.9 Å². The normalized spacial score (nSPS) is 14.8. The number of azide groups is 1. The monoisotopic (exact) mass is 360 g/mol. The van der Waals surface area contributed by atoms with E-state index in [0.29, 0.717) is 26.2 Å². The number of nitrogens with zero attached hydrogens (tertiary/aromatic N) is 5. The van der Waals surface area contributed by atoms with Crippen LogP contribution in [0.2, 0.25) is 0 Å². The first-order valence-corrected chi connectivity index (χ1v) is 8.81. The fraction of sp³-hybridized carbons (Fsp3) is 0.611. The molecule has 142 valence electrons. The Balaban J connectivity index is 2.13. The number of anilines is 1. The molecule has 2 N–H and O–H groups in total. The maximum atomic E-state index is 12.2. The van der Waals surface area contributed by atoms with Gasteiger partial charge in [-0.25, -0.2) is 4.79 Å². The average molecular weight is 360 g/mol. The number of carbonyl (C=O) groups is 1. The maximum Gasteiger partial charge on any atom is 0.410 e. The zero-order valence-electron chi connectivity index (χ0n) is 16.0. The first kappa shape index (κ1) is 19.9. The molecule has 0 saturated carbocycles. The van der Waals surface area contributed by atoms with Crippen molar-refractivity contribution in [3.05, 3.63) is 39.3 Å². The summed E-state index contributed by atoms with van der Waals surface area (Å²) in [5, 5.41) is 3.65. The number of hydrogen-bond donors (Lipinski definition) is 1. The van der Waals surface area contributed by atoms with Gasteiger partial charge in [0.2, 0.25) is 0 Å². The smallest absolute Gasteiger partial charge is 0.410 e. The van der Waals surface area contributed by atoms with Gasteiger partial charge in [0.1, 0.15) is 5.60 Å². The minimum Gasteiger partial charge on any atom is -0.444 e. The van der Waals surface area contributed by atoms with E-state index in [-0.39, 0.29) is 6.09 Å². The molecule has 0 aliphatic carbocycles. The number of hydrogen-bond acceptors (Lipinski definition) is 5. The fourth-order valence-electron chi connectivity index (χ4n) is 3.02. The molecule has 0 unspecified atom stereocenters. The highest BCUT2D eigenvalue weighted by Gasteiger charge is 2.26. The van der Waals surface area contributed by atoms with Gasteiger partial charge in [-0.2, -0.15) is 0 Å². The highest BCUT2D eigenvalue weighted by Crippen LogP contribution is 2.27. The van der Waals surface area contributed by atoms with Gasteiger partial charge in [0.15, 0.2) is 0 Å². The van der Waals surface area contributed by atoms with Crippen LogP contribution in [0.25, 0.3) is 10.4 Å². The van der Waals surface area contributed by atoms with E-state index < -0.39 is 5.60 Å². The number of benzene rings is 1. The minimum atomic E-state index is -0.490. The average Bonchev–Trinajstić information content (AvgIpc) is 2.59. The largest absolute Gasteiger partial charge is 0.444 e. The van der Waals surface area contributed by atoms with E-state index in [1.54, 1.807) is 4.90 Å². The lowest BCUT2D eigenvalue weighted by molar-refractivity contribution is 0.0240. The number of rotatable bonds is 4. The van der Waals surface area contributed by atoms with Crippen molar-refractivity contribution in [1.82, 2.24) is 4.90 Å². The third kappa shape index (κ3) is 5.03. The summed E-state index contributed by atoms with van der Waals surface area (Å²) in [5.41, 5.74) is 18.1. The van der Waals surface area contributed by atoms with Gasteiger partial charge >= 0.3 is 6.09 Å². The molecule has 1 aliphatic heterocycles. The Morgan fingerprint density at radius 1 is 1.31 bits per heavy atom. The van der Waals surface area contributed by atoms with Crippen molar-refractivity contribution in [3.8, 4) is 0 Å². The number of ether oxygens (including phenoxy) is 1. The Labute approximate surface area is 154 Å². The van der Waals surface area contributed by atoms with E-state index in [1.165, 1.54) is 0 Å². The van der Waals surface area contributed by atoms with Crippen LogP contribution in [0, 0.1) is 6.92 Å². The van der Waals surface area contributed by atoms with Gasteiger partial charge in [-0.3, -0.25) is 0 Å². The molecule has 1 fully saturated rings. The Kier molecular flexibility index (Phi) is 6.34. The van der Waals surface area contributed by atoms with Gasteiger partial charge in [0.25, 0.3) is 0 Å². The molecule has 0 spiro atoms. The summed E-state index contributed by atoms with van der Waals surface area (Å²) in [7, 11) is 0. The third-order valence-electron chi connectivity index (χ3n) is 4.36. The molecular formula is C18H28N6O2. The van der Waals surface area contributed by atoms with Crippen LogP contribution in [0.3, 0.4) is 0 Å². The van der Waals surface area contributed by atoms with Crippen LogP contribution in [0.4, 0.5) is 10.5 Å². The summed E-state index contributed by atoms with van der Waals surface area (Å²) in [6, 6.07) is 4.04. The van der Waals surface area contributed by atoms with Crippen LogP contribution in [0.1, 0.15) is 37.5 Å². The Hall–Kier alpha value is -2.44.